The topological polar surface area (TPSA) is 34.4 Å². The van der Waals surface area contributed by atoms with Gasteiger partial charge in [-0.15, -0.1) is 0 Å². The summed E-state index contributed by atoms with van der Waals surface area (Å²) in [6, 6.07) is 5.72. The second-order valence-electron chi connectivity index (χ2n) is 4.50. The van der Waals surface area contributed by atoms with Crippen molar-refractivity contribution in [1.82, 2.24) is 9.38 Å². The van der Waals surface area contributed by atoms with Crippen molar-refractivity contribution in [2.75, 3.05) is 0 Å². The van der Waals surface area contributed by atoms with Gasteiger partial charge in [-0.05, 0) is 25.0 Å². The molecule has 0 saturated carbocycles. The molecule has 2 rings (SSSR count). The molecule has 0 bridgehead atoms. The van der Waals surface area contributed by atoms with Crippen molar-refractivity contribution in [3.05, 3.63) is 35.4 Å². The summed E-state index contributed by atoms with van der Waals surface area (Å²) in [5, 5.41) is 0. The Hall–Kier alpha value is -1.64. The SMILES string of the molecule is Cc1nc(CC(C)C)n2c(C=O)cccc12. The fourth-order valence-electron chi connectivity index (χ4n) is 1.99. The molecule has 2 aromatic heterocycles. The lowest BCUT2D eigenvalue weighted by Crippen LogP contribution is -2.04. The van der Waals surface area contributed by atoms with Gasteiger partial charge in [-0.2, -0.15) is 0 Å². The van der Waals surface area contributed by atoms with Crippen molar-refractivity contribution in [2.24, 2.45) is 5.92 Å². The number of carbonyl (C=O) groups is 1. The minimum absolute atomic E-state index is 0.532. The standard InChI is InChI=1S/C13H16N2O/c1-9(2)7-13-14-10(3)12-6-4-5-11(8-16)15(12)13/h4-6,8-9H,7H2,1-3H3. The summed E-state index contributed by atoms with van der Waals surface area (Å²) in [5.41, 5.74) is 2.69. The first-order valence-electron chi connectivity index (χ1n) is 5.55. The Balaban J connectivity index is 2.69. The maximum absolute atomic E-state index is 11.0. The van der Waals surface area contributed by atoms with E-state index in [-0.39, 0.29) is 0 Å². The highest BCUT2D eigenvalue weighted by Crippen LogP contribution is 2.17. The van der Waals surface area contributed by atoms with Gasteiger partial charge in [0.15, 0.2) is 6.29 Å². The Kier molecular flexibility index (Phi) is 2.77. The molecule has 16 heavy (non-hydrogen) atoms. The van der Waals surface area contributed by atoms with Crippen LogP contribution < -0.4 is 0 Å². The molecule has 0 atom stereocenters. The molecular formula is C13H16N2O. The zero-order chi connectivity index (χ0) is 11.7. The van der Waals surface area contributed by atoms with Crippen molar-refractivity contribution in [1.29, 1.82) is 0 Å². The van der Waals surface area contributed by atoms with E-state index in [4.69, 9.17) is 0 Å². The number of aldehydes is 1. The summed E-state index contributed by atoms with van der Waals surface area (Å²) in [4.78, 5) is 15.6. The number of aromatic nitrogens is 2. The molecule has 0 amide bonds. The van der Waals surface area contributed by atoms with Crippen LogP contribution in [0, 0.1) is 12.8 Å². The lowest BCUT2D eigenvalue weighted by atomic mass is 10.1. The second kappa shape index (κ2) is 4.08. The number of rotatable bonds is 3. The molecule has 2 heterocycles. The van der Waals surface area contributed by atoms with E-state index in [0.29, 0.717) is 11.6 Å². The lowest BCUT2D eigenvalue weighted by Gasteiger charge is -2.05. The van der Waals surface area contributed by atoms with Gasteiger partial charge in [-0.1, -0.05) is 19.9 Å². The average molecular weight is 216 g/mol. The number of carbonyl (C=O) groups excluding carboxylic acids is 1. The molecule has 0 unspecified atom stereocenters. The smallest absolute Gasteiger partial charge is 0.166 e. The van der Waals surface area contributed by atoms with Crippen LogP contribution in [0.3, 0.4) is 0 Å². The fourth-order valence-corrected chi connectivity index (χ4v) is 1.99. The predicted molar refractivity (Wildman–Crippen MR) is 63.9 cm³/mol. The summed E-state index contributed by atoms with van der Waals surface area (Å²) in [5.74, 6) is 1.51. The highest BCUT2D eigenvalue weighted by molar-refractivity contribution is 5.75. The number of nitrogens with zero attached hydrogens (tertiary/aromatic N) is 2. The molecule has 0 aliphatic heterocycles. The van der Waals surface area contributed by atoms with Crippen molar-refractivity contribution in [2.45, 2.75) is 27.2 Å². The Morgan fingerprint density at radius 3 is 2.81 bits per heavy atom. The van der Waals surface area contributed by atoms with Crippen LogP contribution in [-0.4, -0.2) is 15.7 Å². The summed E-state index contributed by atoms with van der Waals surface area (Å²) >= 11 is 0. The monoisotopic (exact) mass is 216 g/mol. The molecule has 0 aliphatic rings. The van der Waals surface area contributed by atoms with Crippen LogP contribution in [-0.2, 0) is 6.42 Å². The highest BCUT2D eigenvalue weighted by atomic mass is 16.1. The van der Waals surface area contributed by atoms with E-state index < -0.39 is 0 Å². The lowest BCUT2D eigenvalue weighted by molar-refractivity contribution is 0.111. The number of aryl methyl sites for hydroxylation is 1. The average Bonchev–Trinajstić information content (AvgIpc) is 2.55. The van der Waals surface area contributed by atoms with Gasteiger partial charge in [0, 0.05) is 6.42 Å². The van der Waals surface area contributed by atoms with E-state index in [1.165, 1.54) is 0 Å². The summed E-state index contributed by atoms with van der Waals surface area (Å²) < 4.78 is 1.96. The van der Waals surface area contributed by atoms with E-state index in [2.05, 4.69) is 18.8 Å². The van der Waals surface area contributed by atoms with Gasteiger partial charge in [0.2, 0.25) is 0 Å². The molecule has 0 N–H and O–H groups in total. The van der Waals surface area contributed by atoms with Crippen LogP contribution in [0.4, 0.5) is 0 Å². The van der Waals surface area contributed by atoms with Crippen molar-refractivity contribution >= 4 is 11.8 Å². The third-order valence-corrected chi connectivity index (χ3v) is 2.66. The number of pyridine rings is 1. The normalized spacial score (nSPS) is 11.2. The van der Waals surface area contributed by atoms with Crippen LogP contribution in [0.15, 0.2) is 18.2 Å². The largest absolute Gasteiger partial charge is 0.296 e. The summed E-state index contributed by atoms with van der Waals surface area (Å²) in [6.45, 7) is 6.29. The predicted octanol–water partition coefficient (Wildman–Crippen LogP) is 2.65. The number of hydrogen-bond donors (Lipinski definition) is 0. The Labute approximate surface area is 95.1 Å². The van der Waals surface area contributed by atoms with E-state index in [1.54, 1.807) is 0 Å². The van der Waals surface area contributed by atoms with Crippen molar-refractivity contribution in [3.63, 3.8) is 0 Å². The zero-order valence-electron chi connectivity index (χ0n) is 9.90. The van der Waals surface area contributed by atoms with Crippen molar-refractivity contribution < 1.29 is 4.79 Å². The molecule has 2 aromatic rings. The molecule has 3 heteroatoms. The van der Waals surface area contributed by atoms with Gasteiger partial charge in [0.25, 0.3) is 0 Å². The maximum Gasteiger partial charge on any atom is 0.166 e. The zero-order valence-corrected chi connectivity index (χ0v) is 9.90. The molecule has 0 spiro atoms. The van der Waals surface area contributed by atoms with Gasteiger partial charge < -0.3 is 0 Å². The van der Waals surface area contributed by atoms with Crippen molar-refractivity contribution in [3.8, 4) is 0 Å². The van der Waals surface area contributed by atoms with Crippen LogP contribution in [0.5, 0.6) is 0 Å². The molecule has 3 nitrogen and oxygen atoms in total. The Morgan fingerprint density at radius 2 is 2.19 bits per heavy atom. The quantitative estimate of drug-likeness (QED) is 0.739. The van der Waals surface area contributed by atoms with E-state index in [9.17, 15) is 4.79 Å². The third-order valence-electron chi connectivity index (χ3n) is 2.66. The molecular weight excluding hydrogens is 200 g/mol. The summed E-state index contributed by atoms with van der Waals surface area (Å²) in [6.07, 6.45) is 1.78. The van der Waals surface area contributed by atoms with E-state index in [0.717, 1.165) is 29.7 Å². The number of imidazole rings is 1. The minimum Gasteiger partial charge on any atom is -0.296 e. The molecule has 0 aliphatic carbocycles. The molecule has 84 valence electrons. The first-order chi connectivity index (χ1) is 7.63. The van der Waals surface area contributed by atoms with Gasteiger partial charge >= 0.3 is 0 Å². The molecule has 0 saturated heterocycles. The Morgan fingerprint density at radius 1 is 1.44 bits per heavy atom. The maximum atomic E-state index is 11.0. The third kappa shape index (κ3) is 1.73. The molecule has 0 radical (unpaired) electrons. The van der Waals surface area contributed by atoms with Crippen LogP contribution in [0.2, 0.25) is 0 Å². The second-order valence-corrected chi connectivity index (χ2v) is 4.50. The van der Waals surface area contributed by atoms with Crippen LogP contribution >= 0.6 is 0 Å². The highest BCUT2D eigenvalue weighted by Gasteiger charge is 2.11. The van der Waals surface area contributed by atoms with E-state index in [1.807, 2.05) is 29.5 Å². The number of fused-ring (bicyclic) bond motifs is 1. The van der Waals surface area contributed by atoms with E-state index >= 15 is 0 Å². The van der Waals surface area contributed by atoms with Gasteiger partial charge in [0.05, 0.1) is 16.9 Å². The Bertz CT molecular complexity index is 526. The summed E-state index contributed by atoms with van der Waals surface area (Å²) in [7, 11) is 0. The number of hydrogen-bond acceptors (Lipinski definition) is 2. The van der Waals surface area contributed by atoms with Crippen LogP contribution in [0.1, 0.15) is 35.9 Å². The van der Waals surface area contributed by atoms with Gasteiger partial charge in [-0.3, -0.25) is 9.20 Å². The molecule has 0 fully saturated rings. The minimum atomic E-state index is 0.532. The fraction of sp³-hybridized carbons (Fsp3) is 0.385. The van der Waals surface area contributed by atoms with Gasteiger partial charge in [-0.25, -0.2) is 4.98 Å². The first kappa shape index (κ1) is 10.9. The first-order valence-corrected chi connectivity index (χ1v) is 5.55. The van der Waals surface area contributed by atoms with Crippen LogP contribution in [0.25, 0.3) is 5.52 Å². The van der Waals surface area contributed by atoms with Gasteiger partial charge in [0.1, 0.15) is 5.82 Å². The molecule has 0 aromatic carbocycles.